The summed E-state index contributed by atoms with van der Waals surface area (Å²) >= 11 is 0. The summed E-state index contributed by atoms with van der Waals surface area (Å²) in [6.45, 7) is -2.88. The van der Waals surface area contributed by atoms with Gasteiger partial charge in [0.1, 0.15) is 0 Å². The maximum absolute atomic E-state index is 9.73. The first-order chi connectivity index (χ1) is 3.92. The van der Waals surface area contributed by atoms with Gasteiger partial charge in [0, 0.05) is 4.11 Å². The molecule has 0 rings (SSSR count). The lowest BCUT2D eigenvalue weighted by atomic mass is 11.5. The second-order valence-electron chi connectivity index (χ2n) is 0.747. The highest BCUT2D eigenvalue weighted by molar-refractivity contribution is 5.68. The van der Waals surface area contributed by atoms with E-state index >= 15 is 0 Å². The summed E-state index contributed by atoms with van der Waals surface area (Å²) in [7, 11) is 0. The molecule has 0 radical (unpaired) electrons. The Labute approximate surface area is 40.2 Å². The van der Waals surface area contributed by atoms with Crippen LogP contribution in [0.2, 0.25) is 0 Å². The van der Waals surface area contributed by atoms with Gasteiger partial charge in [0.05, 0.1) is 6.54 Å². The van der Waals surface area contributed by atoms with E-state index in [0.717, 1.165) is 0 Å². The van der Waals surface area contributed by atoms with Crippen LogP contribution in [-0.4, -0.2) is 24.6 Å². The molecule has 0 atom stereocenters. The predicted octanol–water partition coefficient (Wildman–Crippen LogP) is -0.710. The molecule has 0 amide bonds. The molecule has 0 saturated heterocycles. The Morgan fingerprint density at radius 1 is 2.33 bits per heavy atom. The summed E-state index contributed by atoms with van der Waals surface area (Å²) in [5.74, 6) is -1.17. The molecule has 36 valence electrons. The van der Waals surface area contributed by atoms with Crippen LogP contribution in [0.15, 0.2) is 0 Å². The van der Waals surface area contributed by atoms with Gasteiger partial charge < -0.3 is 10.4 Å². The van der Waals surface area contributed by atoms with Gasteiger partial charge in [0.15, 0.2) is 0 Å². The van der Waals surface area contributed by atoms with Gasteiger partial charge in [0.25, 0.3) is 0 Å². The van der Waals surface area contributed by atoms with Gasteiger partial charge in [-0.25, -0.2) is 0 Å². The summed E-state index contributed by atoms with van der Waals surface area (Å²) in [4.78, 5) is 9.73. The molecule has 6 heavy (non-hydrogen) atoms. The first-order valence-corrected chi connectivity index (χ1v) is 1.38. The molecule has 0 aliphatic rings. The molecule has 0 aliphatic carbocycles. The minimum Gasteiger partial charge on any atom is -0.480 e. The van der Waals surface area contributed by atoms with Crippen molar-refractivity contribution in [3.05, 3.63) is 0 Å². The van der Waals surface area contributed by atoms with E-state index in [2.05, 4.69) is 0 Å². The van der Waals surface area contributed by atoms with Crippen molar-refractivity contribution in [3.8, 4) is 0 Å². The van der Waals surface area contributed by atoms with Crippen molar-refractivity contribution < 1.29 is 14.0 Å². The van der Waals surface area contributed by atoms with Gasteiger partial charge in [-0.3, -0.25) is 4.79 Å². The predicted molar refractivity (Wildman–Crippen MR) is 21.6 cm³/mol. The average Bonchev–Trinajstić information content (AvgIpc) is 1.59. The third-order valence-corrected chi connectivity index (χ3v) is 0.240. The number of nitrogens with one attached hydrogen (secondary N) is 1. The third kappa shape index (κ3) is 3.43. The minimum absolute atomic E-state index is 0.531. The number of rotatable bonds is 2. The molecular weight excluding hydrogens is 85.0 g/mol. The van der Waals surface area contributed by atoms with Gasteiger partial charge in [-0.2, -0.15) is 0 Å². The van der Waals surface area contributed by atoms with Crippen LogP contribution >= 0.6 is 0 Å². The van der Waals surface area contributed by atoms with Crippen LogP contribution in [0.3, 0.4) is 0 Å². The largest absolute Gasteiger partial charge is 0.480 e. The van der Waals surface area contributed by atoms with E-state index in [9.17, 15) is 4.79 Å². The summed E-state index contributed by atoms with van der Waals surface area (Å²) in [5, 5.41) is 9.79. The number of carboxylic acid groups (broad SMARTS) is 1. The van der Waals surface area contributed by atoms with E-state index < -0.39 is 19.5 Å². The van der Waals surface area contributed by atoms with Crippen molar-refractivity contribution in [3.63, 3.8) is 0 Å². The lowest BCUT2D eigenvalue weighted by molar-refractivity contribution is -0.135. The fourth-order valence-corrected chi connectivity index (χ4v) is 0.0756. The van der Waals surface area contributed by atoms with Crippen LogP contribution < -0.4 is 5.32 Å². The fraction of sp³-hybridized carbons (Fsp3) is 0.667. The Kier molecular flexibility index (Phi) is 0.854. The number of likely N-dealkylation sites (N-methyl/N-ethyl adjacent to an activating group) is 1. The Morgan fingerprint density at radius 2 is 3.00 bits per heavy atom. The van der Waals surface area contributed by atoms with Crippen LogP contribution in [0.5, 0.6) is 0 Å². The highest BCUT2D eigenvalue weighted by Gasteiger charge is 1.86. The van der Waals surface area contributed by atoms with E-state index in [4.69, 9.17) is 9.22 Å². The Balaban J connectivity index is 3.39. The van der Waals surface area contributed by atoms with E-state index in [1.165, 1.54) is 0 Å². The van der Waals surface area contributed by atoms with Crippen LogP contribution in [-0.2, 0) is 4.79 Å². The van der Waals surface area contributed by atoms with Crippen LogP contribution in [0, 0.1) is 0 Å². The molecule has 0 heterocycles. The minimum atomic E-state index is -2.35. The number of aliphatic carboxylic acids is 1. The van der Waals surface area contributed by atoms with Gasteiger partial charge in [-0.05, 0) is 6.98 Å². The van der Waals surface area contributed by atoms with E-state index in [1.807, 2.05) is 5.32 Å². The SMILES string of the molecule is [2H][13C]([2H])([2H])N[13CH2][13C](=O)O. The van der Waals surface area contributed by atoms with Gasteiger partial charge >= 0.3 is 5.97 Å². The molecule has 0 aromatic heterocycles. The summed E-state index contributed by atoms with van der Waals surface area (Å²) in [5.41, 5.74) is 0. The van der Waals surface area contributed by atoms with Crippen LogP contribution in [0.4, 0.5) is 0 Å². The van der Waals surface area contributed by atoms with Gasteiger partial charge in [0.2, 0.25) is 0 Å². The first-order valence-electron chi connectivity index (χ1n) is 2.88. The summed E-state index contributed by atoms with van der Waals surface area (Å²) < 4.78 is 19.5. The molecule has 3 heteroatoms. The zero-order chi connectivity index (χ0) is 7.49. The molecule has 3 nitrogen and oxygen atoms in total. The summed E-state index contributed by atoms with van der Waals surface area (Å²) in [6, 6.07) is 0. The van der Waals surface area contributed by atoms with Gasteiger partial charge in [-0.1, -0.05) is 0 Å². The molecule has 0 fully saturated rings. The smallest absolute Gasteiger partial charge is 0.317 e. The molecule has 0 aromatic carbocycles. The second kappa shape index (κ2) is 2.66. The second-order valence-corrected chi connectivity index (χ2v) is 0.747. The fourth-order valence-electron chi connectivity index (χ4n) is 0.0756. The maximum atomic E-state index is 9.73. The molecule has 0 unspecified atom stereocenters. The van der Waals surface area contributed by atoms with Crippen molar-refractivity contribution in [1.82, 2.24) is 5.32 Å². The number of carbonyl (C=O) groups is 1. The summed E-state index contributed by atoms with van der Waals surface area (Å²) in [6.07, 6.45) is 0. The van der Waals surface area contributed by atoms with Crippen molar-refractivity contribution in [2.24, 2.45) is 0 Å². The molecule has 0 saturated carbocycles. The van der Waals surface area contributed by atoms with E-state index in [1.54, 1.807) is 0 Å². The molecule has 2 N–H and O–H groups in total. The quantitative estimate of drug-likeness (QED) is 0.445. The highest BCUT2D eigenvalue weighted by atomic mass is 16.5. The van der Waals surface area contributed by atoms with E-state index in [0.29, 0.717) is 0 Å². The van der Waals surface area contributed by atoms with Crippen LogP contribution in [0.1, 0.15) is 4.11 Å². The standard InChI is InChI=1S/C3H7NO2/c1-4-2-3(5)6/h4H,2H2,1H3,(H,5,6)/i1+1D3,2+1,3+1. The van der Waals surface area contributed by atoms with Gasteiger partial charge in [-0.15, -0.1) is 0 Å². The maximum Gasteiger partial charge on any atom is 0.317 e. The van der Waals surface area contributed by atoms with E-state index in [-0.39, 0.29) is 0 Å². The molecule has 0 aromatic rings. The van der Waals surface area contributed by atoms with Crippen LogP contribution in [0.25, 0.3) is 0 Å². The zero-order valence-electron chi connectivity index (χ0n) is 6.06. The van der Waals surface area contributed by atoms with Crippen molar-refractivity contribution in [2.45, 2.75) is 0 Å². The monoisotopic (exact) mass is 95.1 g/mol. The molecule has 0 bridgehead atoms. The topological polar surface area (TPSA) is 49.3 Å². The Hall–Kier alpha value is -0.570. The zero-order valence-corrected chi connectivity index (χ0v) is 3.06. The average molecular weight is 95.1 g/mol. The number of hydrogen-bond donors (Lipinski definition) is 2. The first kappa shape index (κ1) is 1.93. The lowest BCUT2D eigenvalue weighted by Crippen LogP contribution is -2.16. The Bertz CT molecular complexity index is 110. The molecular formula is C3H7NO2. The number of carboxylic acids is 1. The number of hydrogen-bond acceptors (Lipinski definition) is 2. The molecule has 0 aliphatic heterocycles. The normalized spacial score (nSPS) is 17.7. The van der Waals surface area contributed by atoms with Crippen molar-refractivity contribution in [2.75, 3.05) is 13.5 Å². The molecule has 0 spiro atoms. The Morgan fingerprint density at radius 3 is 3.17 bits per heavy atom. The third-order valence-electron chi connectivity index (χ3n) is 0.240. The van der Waals surface area contributed by atoms with Crippen molar-refractivity contribution in [1.29, 1.82) is 0 Å². The lowest BCUT2D eigenvalue weighted by Gasteiger charge is -1.84. The highest BCUT2D eigenvalue weighted by Crippen LogP contribution is 1.50. The van der Waals surface area contributed by atoms with Crippen molar-refractivity contribution >= 4 is 5.97 Å².